The van der Waals surface area contributed by atoms with E-state index in [2.05, 4.69) is 16.8 Å². The molecule has 1 aromatic heterocycles. The van der Waals surface area contributed by atoms with Gasteiger partial charge in [0.25, 0.3) is 5.91 Å². The SMILES string of the molecule is C[C@H](C(=O)Nc1cccc(Cl)c1)[NH+](C)Cc1cccs1. The molecule has 0 aliphatic heterocycles. The molecule has 1 unspecified atom stereocenters. The zero-order chi connectivity index (χ0) is 14.5. The van der Waals surface area contributed by atoms with Gasteiger partial charge in [-0.05, 0) is 36.6 Å². The number of carbonyl (C=O) groups is 1. The van der Waals surface area contributed by atoms with Crippen LogP contribution in [0, 0.1) is 0 Å². The number of rotatable bonds is 5. The Labute approximate surface area is 128 Å². The summed E-state index contributed by atoms with van der Waals surface area (Å²) in [5.74, 6) is 0.00122. The van der Waals surface area contributed by atoms with Crippen LogP contribution in [0.4, 0.5) is 5.69 Å². The maximum Gasteiger partial charge on any atom is 0.282 e. The van der Waals surface area contributed by atoms with E-state index in [1.165, 1.54) is 4.88 Å². The number of nitrogens with one attached hydrogen (secondary N) is 2. The molecule has 2 N–H and O–H groups in total. The molecule has 0 bridgehead atoms. The number of amides is 1. The molecule has 0 aliphatic carbocycles. The maximum atomic E-state index is 12.2. The highest BCUT2D eigenvalue weighted by atomic mass is 35.5. The lowest BCUT2D eigenvalue weighted by Gasteiger charge is -2.20. The molecule has 1 amide bonds. The standard InChI is InChI=1S/C15H17ClN2OS/c1-11(18(2)10-14-7-4-8-20-14)15(19)17-13-6-3-5-12(16)9-13/h3-9,11H,10H2,1-2H3,(H,17,19)/p+1/t11-/m1/s1. The number of thiophene rings is 1. The molecule has 2 atom stereocenters. The number of carbonyl (C=O) groups excluding carboxylic acids is 1. The first kappa shape index (κ1) is 15.0. The summed E-state index contributed by atoms with van der Waals surface area (Å²) in [6, 6.07) is 11.2. The van der Waals surface area contributed by atoms with E-state index in [4.69, 9.17) is 11.6 Å². The molecule has 2 rings (SSSR count). The van der Waals surface area contributed by atoms with Crippen molar-refractivity contribution >= 4 is 34.5 Å². The largest absolute Gasteiger partial charge is 0.323 e. The van der Waals surface area contributed by atoms with Crippen molar-refractivity contribution in [2.24, 2.45) is 0 Å². The molecule has 1 heterocycles. The number of hydrogen-bond donors (Lipinski definition) is 2. The van der Waals surface area contributed by atoms with Crippen LogP contribution in [0.5, 0.6) is 0 Å². The van der Waals surface area contributed by atoms with Crippen molar-refractivity contribution in [3.05, 3.63) is 51.7 Å². The van der Waals surface area contributed by atoms with Gasteiger partial charge in [0.05, 0.1) is 11.9 Å². The van der Waals surface area contributed by atoms with Crippen molar-refractivity contribution in [1.29, 1.82) is 0 Å². The van der Waals surface area contributed by atoms with Crippen LogP contribution in [0.3, 0.4) is 0 Å². The van der Waals surface area contributed by atoms with Crippen LogP contribution in [-0.2, 0) is 11.3 Å². The number of quaternary nitrogens is 1. The van der Waals surface area contributed by atoms with Crippen molar-refractivity contribution < 1.29 is 9.69 Å². The lowest BCUT2D eigenvalue weighted by molar-refractivity contribution is -0.907. The average molecular weight is 310 g/mol. The number of hydrogen-bond acceptors (Lipinski definition) is 2. The molecular weight excluding hydrogens is 292 g/mol. The normalized spacial score (nSPS) is 13.8. The Hall–Kier alpha value is -1.36. The smallest absolute Gasteiger partial charge is 0.282 e. The fourth-order valence-corrected chi connectivity index (χ4v) is 2.87. The van der Waals surface area contributed by atoms with E-state index in [-0.39, 0.29) is 11.9 Å². The Morgan fingerprint density at radius 3 is 2.85 bits per heavy atom. The third-order valence-electron chi connectivity index (χ3n) is 3.26. The predicted molar refractivity (Wildman–Crippen MR) is 84.5 cm³/mol. The summed E-state index contributed by atoms with van der Waals surface area (Å²) in [6.45, 7) is 2.78. The molecule has 0 saturated carbocycles. The van der Waals surface area contributed by atoms with Gasteiger partial charge in [0.1, 0.15) is 6.54 Å². The number of halogens is 1. The van der Waals surface area contributed by atoms with Crippen molar-refractivity contribution in [3.63, 3.8) is 0 Å². The predicted octanol–water partition coefficient (Wildman–Crippen LogP) is 2.44. The van der Waals surface area contributed by atoms with Crippen molar-refractivity contribution in [3.8, 4) is 0 Å². The zero-order valence-corrected chi connectivity index (χ0v) is 13.1. The Morgan fingerprint density at radius 1 is 1.40 bits per heavy atom. The molecule has 0 aliphatic rings. The van der Waals surface area contributed by atoms with Gasteiger partial charge in [-0.15, -0.1) is 11.3 Å². The fourth-order valence-electron chi connectivity index (χ4n) is 1.88. The number of anilines is 1. The molecule has 20 heavy (non-hydrogen) atoms. The van der Waals surface area contributed by atoms with Crippen LogP contribution in [0.1, 0.15) is 11.8 Å². The van der Waals surface area contributed by atoms with E-state index >= 15 is 0 Å². The minimum atomic E-state index is -0.129. The minimum absolute atomic E-state index is 0.00122. The van der Waals surface area contributed by atoms with Crippen LogP contribution < -0.4 is 10.2 Å². The van der Waals surface area contributed by atoms with Crippen LogP contribution in [-0.4, -0.2) is 19.0 Å². The lowest BCUT2D eigenvalue weighted by atomic mass is 10.2. The molecule has 106 valence electrons. The van der Waals surface area contributed by atoms with E-state index in [1.807, 2.05) is 32.2 Å². The Balaban J connectivity index is 1.94. The van der Waals surface area contributed by atoms with E-state index in [0.717, 1.165) is 17.1 Å². The topological polar surface area (TPSA) is 33.5 Å². The minimum Gasteiger partial charge on any atom is -0.323 e. The Kier molecular flexibility index (Phi) is 5.17. The molecular formula is C15H18ClN2OS+. The third kappa shape index (κ3) is 4.07. The van der Waals surface area contributed by atoms with Gasteiger partial charge in [0.15, 0.2) is 6.04 Å². The van der Waals surface area contributed by atoms with Gasteiger partial charge in [-0.3, -0.25) is 4.79 Å². The highest BCUT2D eigenvalue weighted by Crippen LogP contribution is 2.14. The van der Waals surface area contributed by atoms with Crippen molar-refractivity contribution in [2.75, 3.05) is 12.4 Å². The van der Waals surface area contributed by atoms with Gasteiger partial charge in [-0.25, -0.2) is 0 Å². The second kappa shape index (κ2) is 6.88. The second-order valence-electron chi connectivity index (χ2n) is 4.82. The van der Waals surface area contributed by atoms with Crippen molar-refractivity contribution in [1.82, 2.24) is 0 Å². The van der Waals surface area contributed by atoms with Gasteiger partial charge < -0.3 is 10.2 Å². The Bertz CT molecular complexity index is 571. The van der Waals surface area contributed by atoms with Crippen LogP contribution in [0.25, 0.3) is 0 Å². The molecule has 3 nitrogen and oxygen atoms in total. The summed E-state index contributed by atoms with van der Waals surface area (Å²) in [4.78, 5) is 14.7. The highest BCUT2D eigenvalue weighted by molar-refractivity contribution is 7.09. The summed E-state index contributed by atoms with van der Waals surface area (Å²) in [7, 11) is 2.03. The Morgan fingerprint density at radius 2 is 2.20 bits per heavy atom. The van der Waals surface area contributed by atoms with E-state index < -0.39 is 0 Å². The van der Waals surface area contributed by atoms with Crippen molar-refractivity contribution in [2.45, 2.75) is 19.5 Å². The summed E-state index contributed by atoms with van der Waals surface area (Å²) >= 11 is 7.63. The first-order valence-corrected chi connectivity index (χ1v) is 7.73. The van der Waals surface area contributed by atoms with Gasteiger partial charge in [0.2, 0.25) is 0 Å². The maximum absolute atomic E-state index is 12.2. The summed E-state index contributed by atoms with van der Waals surface area (Å²) < 4.78 is 0. The van der Waals surface area contributed by atoms with Gasteiger partial charge in [-0.1, -0.05) is 23.7 Å². The molecule has 1 aromatic carbocycles. The van der Waals surface area contributed by atoms with Crippen LogP contribution in [0.15, 0.2) is 41.8 Å². The van der Waals surface area contributed by atoms with Crippen LogP contribution >= 0.6 is 22.9 Å². The first-order chi connectivity index (χ1) is 9.56. The molecule has 5 heteroatoms. The second-order valence-corrected chi connectivity index (χ2v) is 6.29. The average Bonchev–Trinajstić information content (AvgIpc) is 2.90. The van der Waals surface area contributed by atoms with Gasteiger partial charge in [0, 0.05) is 10.7 Å². The van der Waals surface area contributed by atoms with E-state index in [0.29, 0.717) is 5.02 Å². The quantitative estimate of drug-likeness (QED) is 0.874. The monoisotopic (exact) mass is 309 g/mol. The molecule has 2 aromatic rings. The molecule has 0 radical (unpaired) electrons. The molecule has 0 saturated heterocycles. The lowest BCUT2D eigenvalue weighted by Crippen LogP contribution is -3.12. The molecule has 0 fully saturated rings. The first-order valence-electron chi connectivity index (χ1n) is 6.47. The fraction of sp³-hybridized carbons (Fsp3) is 0.267. The summed E-state index contributed by atoms with van der Waals surface area (Å²) in [5, 5.41) is 5.58. The zero-order valence-electron chi connectivity index (χ0n) is 11.5. The van der Waals surface area contributed by atoms with Crippen LogP contribution in [0.2, 0.25) is 5.02 Å². The number of benzene rings is 1. The third-order valence-corrected chi connectivity index (χ3v) is 4.37. The summed E-state index contributed by atoms with van der Waals surface area (Å²) in [5.41, 5.74) is 0.735. The molecule has 0 spiro atoms. The van der Waals surface area contributed by atoms with Gasteiger partial charge in [-0.2, -0.15) is 0 Å². The number of likely N-dealkylation sites (N-methyl/N-ethyl adjacent to an activating group) is 1. The van der Waals surface area contributed by atoms with E-state index in [9.17, 15) is 4.79 Å². The summed E-state index contributed by atoms with van der Waals surface area (Å²) in [6.07, 6.45) is 0. The highest BCUT2D eigenvalue weighted by Gasteiger charge is 2.22. The van der Waals surface area contributed by atoms with Gasteiger partial charge >= 0.3 is 0 Å². The van der Waals surface area contributed by atoms with E-state index in [1.54, 1.807) is 23.5 Å².